The molecule has 1 unspecified atom stereocenters. The van der Waals surface area contributed by atoms with E-state index in [0.29, 0.717) is 12.8 Å². The number of sulfone groups is 1. The summed E-state index contributed by atoms with van der Waals surface area (Å²) < 4.78 is 36.4. The van der Waals surface area contributed by atoms with Crippen molar-refractivity contribution < 1.29 is 17.6 Å². The summed E-state index contributed by atoms with van der Waals surface area (Å²) in [5, 5.41) is 1.95. The second-order valence-corrected chi connectivity index (χ2v) is 6.94. The number of hydrogen-bond acceptors (Lipinski definition) is 4. The first kappa shape index (κ1) is 13.8. The van der Waals surface area contributed by atoms with E-state index in [9.17, 15) is 17.6 Å². The Kier molecular flexibility index (Phi) is 3.75. The van der Waals surface area contributed by atoms with Gasteiger partial charge in [-0.15, -0.1) is 0 Å². The third kappa shape index (κ3) is 2.86. The number of carbonyl (C=O) groups is 1. The molecule has 0 radical (unpaired) electrons. The van der Waals surface area contributed by atoms with E-state index in [1.165, 1.54) is 12.1 Å². The van der Waals surface area contributed by atoms with Crippen LogP contribution < -0.4 is 11.1 Å². The SMILES string of the molecule is Nc1c(F)cccc1C(=O)NCC1CCCS1(=O)=O. The van der Waals surface area contributed by atoms with E-state index in [2.05, 4.69) is 5.32 Å². The van der Waals surface area contributed by atoms with E-state index in [0.717, 1.165) is 6.07 Å². The molecule has 104 valence electrons. The fourth-order valence-corrected chi connectivity index (χ4v) is 3.89. The zero-order valence-corrected chi connectivity index (χ0v) is 11.0. The van der Waals surface area contributed by atoms with Crippen molar-refractivity contribution in [2.24, 2.45) is 0 Å². The summed E-state index contributed by atoms with van der Waals surface area (Å²) in [5.74, 6) is -1.06. The molecule has 1 fully saturated rings. The molecule has 0 spiro atoms. The van der Waals surface area contributed by atoms with E-state index in [1.54, 1.807) is 0 Å². The topological polar surface area (TPSA) is 89.3 Å². The van der Waals surface area contributed by atoms with Crippen LogP contribution >= 0.6 is 0 Å². The summed E-state index contributed by atoms with van der Waals surface area (Å²) >= 11 is 0. The van der Waals surface area contributed by atoms with Crippen molar-refractivity contribution in [1.82, 2.24) is 5.32 Å². The first-order valence-electron chi connectivity index (χ1n) is 5.95. The second-order valence-electron chi connectivity index (χ2n) is 4.54. The number of amides is 1. The van der Waals surface area contributed by atoms with Crippen LogP contribution in [0.5, 0.6) is 0 Å². The fraction of sp³-hybridized carbons (Fsp3) is 0.417. The molecule has 7 heteroatoms. The molecule has 1 aromatic carbocycles. The fourth-order valence-electron chi connectivity index (χ4n) is 2.12. The number of nitrogens with two attached hydrogens (primary N) is 1. The van der Waals surface area contributed by atoms with Crippen LogP contribution in [-0.2, 0) is 9.84 Å². The summed E-state index contributed by atoms with van der Waals surface area (Å²) in [6.45, 7) is 0.0388. The molecule has 1 aliphatic heterocycles. The van der Waals surface area contributed by atoms with Crippen molar-refractivity contribution in [1.29, 1.82) is 0 Å². The van der Waals surface area contributed by atoms with Gasteiger partial charge in [0, 0.05) is 6.54 Å². The lowest BCUT2D eigenvalue weighted by molar-refractivity contribution is 0.0954. The minimum absolute atomic E-state index is 0.0235. The molecule has 1 saturated heterocycles. The predicted octanol–water partition coefficient (Wildman–Crippen LogP) is 0.715. The van der Waals surface area contributed by atoms with E-state index in [-0.39, 0.29) is 23.5 Å². The average molecular weight is 286 g/mol. The molecule has 1 amide bonds. The first-order chi connectivity index (χ1) is 8.92. The van der Waals surface area contributed by atoms with Gasteiger partial charge in [0.25, 0.3) is 5.91 Å². The number of para-hydroxylation sites is 1. The van der Waals surface area contributed by atoms with Gasteiger partial charge in [-0.1, -0.05) is 6.07 Å². The predicted molar refractivity (Wildman–Crippen MR) is 70.0 cm³/mol. The van der Waals surface area contributed by atoms with Gasteiger partial charge in [-0.3, -0.25) is 4.79 Å². The van der Waals surface area contributed by atoms with Crippen LogP contribution in [0, 0.1) is 5.82 Å². The zero-order chi connectivity index (χ0) is 14.0. The quantitative estimate of drug-likeness (QED) is 0.801. The Morgan fingerprint density at radius 2 is 2.21 bits per heavy atom. The second kappa shape index (κ2) is 5.16. The third-order valence-corrected chi connectivity index (χ3v) is 5.53. The highest BCUT2D eigenvalue weighted by molar-refractivity contribution is 7.92. The number of nitrogen functional groups attached to an aromatic ring is 1. The van der Waals surface area contributed by atoms with Crippen LogP contribution in [0.2, 0.25) is 0 Å². The molecule has 0 aliphatic carbocycles. The van der Waals surface area contributed by atoms with Gasteiger partial charge in [0.15, 0.2) is 9.84 Å². The number of rotatable bonds is 3. The lowest BCUT2D eigenvalue weighted by atomic mass is 10.1. The normalized spacial score (nSPS) is 21.2. The molecule has 1 atom stereocenters. The molecule has 1 aliphatic rings. The van der Waals surface area contributed by atoms with Crippen LogP contribution in [0.15, 0.2) is 18.2 Å². The van der Waals surface area contributed by atoms with E-state index < -0.39 is 26.8 Å². The van der Waals surface area contributed by atoms with Crippen LogP contribution in [0.1, 0.15) is 23.2 Å². The highest BCUT2D eigenvalue weighted by Crippen LogP contribution is 2.20. The van der Waals surface area contributed by atoms with Crippen molar-refractivity contribution in [3.63, 3.8) is 0 Å². The minimum atomic E-state index is -3.10. The average Bonchev–Trinajstić information content (AvgIpc) is 2.69. The van der Waals surface area contributed by atoms with Gasteiger partial charge < -0.3 is 11.1 Å². The molecular weight excluding hydrogens is 271 g/mol. The van der Waals surface area contributed by atoms with Crippen molar-refractivity contribution in [2.75, 3.05) is 18.0 Å². The Hall–Kier alpha value is -1.63. The molecule has 0 bridgehead atoms. The molecule has 1 aromatic rings. The van der Waals surface area contributed by atoms with Gasteiger partial charge in [0.1, 0.15) is 5.82 Å². The van der Waals surface area contributed by atoms with Gasteiger partial charge in [-0.05, 0) is 25.0 Å². The number of carbonyl (C=O) groups excluding carboxylic acids is 1. The van der Waals surface area contributed by atoms with Gasteiger partial charge in [-0.25, -0.2) is 12.8 Å². The number of hydrogen-bond donors (Lipinski definition) is 2. The van der Waals surface area contributed by atoms with E-state index in [1.807, 2.05) is 0 Å². The summed E-state index contributed by atoms with van der Waals surface area (Å²) in [6, 6.07) is 3.94. The molecule has 5 nitrogen and oxygen atoms in total. The zero-order valence-electron chi connectivity index (χ0n) is 10.2. The lowest BCUT2D eigenvalue weighted by Crippen LogP contribution is -2.35. The van der Waals surface area contributed by atoms with E-state index >= 15 is 0 Å². The first-order valence-corrected chi connectivity index (χ1v) is 7.67. The molecule has 0 aromatic heterocycles. The van der Waals surface area contributed by atoms with Crippen LogP contribution in [0.4, 0.5) is 10.1 Å². The summed E-state index contributed by atoms with van der Waals surface area (Å²) in [7, 11) is -3.10. The molecule has 19 heavy (non-hydrogen) atoms. The van der Waals surface area contributed by atoms with Crippen LogP contribution in [-0.4, -0.2) is 31.9 Å². The smallest absolute Gasteiger partial charge is 0.253 e. The monoisotopic (exact) mass is 286 g/mol. The van der Waals surface area contributed by atoms with Crippen molar-refractivity contribution in [3.8, 4) is 0 Å². The maximum absolute atomic E-state index is 13.2. The highest BCUT2D eigenvalue weighted by atomic mass is 32.2. The number of halogens is 1. The maximum atomic E-state index is 13.2. The molecule has 3 N–H and O–H groups in total. The Balaban J connectivity index is 2.04. The van der Waals surface area contributed by atoms with Crippen molar-refractivity contribution in [2.45, 2.75) is 18.1 Å². The molecule has 0 saturated carbocycles. The van der Waals surface area contributed by atoms with Gasteiger partial charge in [0.2, 0.25) is 0 Å². The minimum Gasteiger partial charge on any atom is -0.396 e. The number of nitrogens with one attached hydrogen (secondary N) is 1. The number of anilines is 1. The summed E-state index contributed by atoms with van der Waals surface area (Å²) in [4.78, 5) is 11.8. The van der Waals surface area contributed by atoms with E-state index in [4.69, 9.17) is 5.73 Å². The molecule has 1 heterocycles. The Morgan fingerprint density at radius 3 is 2.84 bits per heavy atom. The Labute approximate surface area is 110 Å². The lowest BCUT2D eigenvalue weighted by Gasteiger charge is -2.12. The van der Waals surface area contributed by atoms with Crippen LogP contribution in [0.25, 0.3) is 0 Å². The van der Waals surface area contributed by atoms with Crippen molar-refractivity contribution >= 4 is 21.4 Å². The molecular formula is C12H15FN2O3S. The van der Waals surface area contributed by atoms with Gasteiger partial charge in [0.05, 0.1) is 22.3 Å². The Morgan fingerprint density at radius 1 is 1.47 bits per heavy atom. The van der Waals surface area contributed by atoms with Crippen molar-refractivity contribution in [3.05, 3.63) is 29.6 Å². The molecule has 2 rings (SSSR count). The largest absolute Gasteiger partial charge is 0.396 e. The maximum Gasteiger partial charge on any atom is 0.253 e. The number of benzene rings is 1. The summed E-state index contributed by atoms with van der Waals surface area (Å²) in [6.07, 6.45) is 1.16. The Bertz CT molecular complexity index is 601. The highest BCUT2D eigenvalue weighted by Gasteiger charge is 2.31. The van der Waals surface area contributed by atoms with Gasteiger partial charge in [-0.2, -0.15) is 0 Å². The standard InChI is InChI=1S/C12H15FN2O3S/c13-10-5-1-4-9(11(10)14)12(16)15-7-8-3-2-6-19(8,17)18/h1,4-5,8H,2-3,6-7,14H2,(H,15,16). The van der Waals surface area contributed by atoms with Gasteiger partial charge >= 0.3 is 0 Å². The summed E-state index contributed by atoms with van der Waals surface area (Å²) in [5.41, 5.74) is 5.26. The third-order valence-electron chi connectivity index (χ3n) is 3.25. The van der Waals surface area contributed by atoms with Crippen LogP contribution in [0.3, 0.4) is 0 Å².